The zero-order valence-corrected chi connectivity index (χ0v) is 14.8. The van der Waals surface area contributed by atoms with Gasteiger partial charge in [0.1, 0.15) is 5.75 Å². The minimum absolute atomic E-state index is 0.0485. The molecule has 0 bridgehead atoms. The summed E-state index contributed by atoms with van der Waals surface area (Å²) in [7, 11) is 1.62. The summed E-state index contributed by atoms with van der Waals surface area (Å²) in [5.41, 5.74) is 3.21. The van der Waals surface area contributed by atoms with Crippen LogP contribution in [0.5, 0.6) is 5.75 Å². The lowest BCUT2D eigenvalue weighted by atomic mass is 10.1. The predicted molar refractivity (Wildman–Crippen MR) is 102 cm³/mol. The van der Waals surface area contributed by atoms with E-state index in [0.717, 1.165) is 25.3 Å². The van der Waals surface area contributed by atoms with Crippen molar-refractivity contribution in [3.05, 3.63) is 59.7 Å². The van der Waals surface area contributed by atoms with Gasteiger partial charge in [0.2, 0.25) is 0 Å². The molecular formula is C21H26N2O2. The van der Waals surface area contributed by atoms with Crippen molar-refractivity contribution < 1.29 is 9.53 Å². The maximum absolute atomic E-state index is 12.1. The number of hydrogen-bond acceptors (Lipinski definition) is 3. The molecule has 4 nitrogen and oxygen atoms in total. The number of amides is 1. The Morgan fingerprint density at radius 3 is 2.32 bits per heavy atom. The summed E-state index contributed by atoms with van der Waals surface area (Å²) in [4.78, 5) is 14.6. The maximum Gasteiger partial charge on any atom is 0.251 e. The lowest BCUT2D eigenvalue weighted by Crippen LogP contribution is -2.29. The number of methoxy groups -OCH3 is 1. The average molecular weight is 338 g/mol. The van der Waals surface area contributed by atoms with Gasteiger partial charge < -0.3 is 15.0 Å². The van der Waals surface area contributed by atoms with Crippen LogP contribution in [0, 0.1) is 0 Å². The van der Waals surface area contributed by atoms with E-state index in [9.17, 15) is 4.79 Å². The van der Waals surface area contributed by atoms with Crippen LogP contribution in [-0.4, -0.2) is 32.7 Å². The standard InChI is InChI=1S/C21H26N2O2/c1-25-20-11-7-18(8-12-20)21(24)22-14-13-17-5-9-19(10-6-17)23-15-3-2-4-16-23/h5-12H,2-4,13-16H2,1H3,(H,22,24). The fourth-order valence-electron chi connectivity index (χ4n) is 3.19. The second-order valence-corrected chi connectivity index (χ2v) is 6.45. The van der Waals surface area contributed by atoms with Crippen LogP contribution in [-0.2, 0) is 6.42 Å². The van der Waals surface area contributed by atoms with Crippen molar-refractivity contribution in [2.24, 2.45) is 0 Å². The van der Waals surface area contributed by atoms with E-state index in [0.29, 0.717) is 12.1 Å². The molecule has 0 radical (unpaired) electrons. The van der Waals surface area contributed by atoms with Gasteiger partial charge in [-0.2, -0.15) is 0 Å². The van der Waals surface area contributed by atoms with Crippen LogP contribution in [0.1, 0.15) is 35.2 Å². The van der Waals surface area contributed by atoms with Crippen LogP contribution in [0.15, 0.2) is 48.5 Å². The first kappa shape index (κ1) is 17.3. The van der Waals surface area contributed by atoms with Crippen LogP contribution >= 0.6 is 0 Å². The molecule has 1 fully saturated rings. The van der Waals surface area contributed by atoms with Gasteiger partial charge in [-0.1, -0.05) is 12.1 Å². The number of ether oxygens (including phenoxy) is 1. The molecule has 0 unspecified atom stereocenters. The van der Waals surface area contributed by atoms with E-state index < -0.39 is 0 Å². The van der Waals surface area contributed by atoms with Gasteiger partial charge in [0.05, 0.1) is 7.11 Å². The molecule has 0 spiro atoms. The molecule has 2 aromatic rings. The number of benzene rings is 2. The van der Waals surface area contributed by atoms with Crippen molar-refractivity contribution in [1.29, 1.82) is 0 Å². The zero-order valence-electron chi connectivity index (χ0n) is 14.8. The maximum atomic E-state index is 12.1. The summed E-state index contributed by atoms with van der Waals surface area (Å²) < 4.78 is 5.11. The van der Waals surface area contributed by atoms with Crippen LogP contribution in [0.4, 0.5) is 5.69 Å². The molecule has 0 aromatic heterocycles. The molecule has 25 heavy (non-hydrogen) atoms. The van der Waals surface area contributed by atoms with E-state index in [4.69, 9.17) is 4.74 Å². The lowest BCUT2D eigenvalue weighted by Gasteiger charge is -2.28. The largest absolute Gasteiger partial charge is 0.497 e. The molecule has 1 amide bonds. The predicted octanol–water partition coefficient (Wildman–Crippen LogP) is 3.66. The third kappa shape index (κ3) is 4.75. The first-order valence-corrected chi connectivity index (χ1v) is 9.02. The Balaban J connectivity index is 1.47. The van der Waals surface area contributed by atoms with Gasteiger partial charge in [-0.05, 0) is 67.6 Å². The SMILES string of the molecule is COc1ccc(C(=O)NCCc2ccc(N3CCCCC3)cc2)cc1. The van der Waals surface area contributed by atoms with Gasteiger partial charge in [0.25, 0.3) is 5.91 Å². The van der Waals surface area contributed by atoms with Crippen LogP contribution in [0.25, 0.3) is 0 Å². The van der Waals surface area contributed by atoms with Crippen molar-refractivity contribution in [2.75, 3.05) is 31.6 Å². The third-order valence-corrected chi connectivity index (χ3v) is 4.71. The highest BCUT2D eigenvalue weighted by Gasteiger charge is 2.10. The summed E-state index contributed by atoms with van der Waals surface area (Å²) >= 11 is 0. The molecule has 0 atom stereocenters. The summed E-state index contributed by atoms with van der Waals surface area (Å²) in [5.74, 6) is 0.706. The van der Waals surface area contributed by atoms with Crippen LogP contribution in [0.3, 0.4) is 0 Å². The quantitative estimate of drug-likeness (QED) is 0.874. The summed E-state index contributed by atoms with van der Waals surface area (Å²) in [5, 5.41) is 2.97. The number of piperidine rings is 1. The van der Waals surface area contributed by atoms with Gasteiger partial charge in [0.15, 0.2) is 0 Å². The molecular weight excluding hydrogens is 312 g/mol. The van der Waals surface area contributed by atoms with Gasteiger partial charge >= 0.3 is 0 Å². The van der Waals surface area contributed by atoms with Crippen LogP contribution in [0.2, 0.25) is 0 Å². The third-order valence-electron chi connectivity index (χ3n) is 4.71. The summed E-state index contributed by atoms with van der Waals surface area (Å²) in [6.45, 7) is 2.96. The smallest absolute Gasteiger partial charge is 0.251 e. The molecule has 1 saturated heterocycles. The molecule has 1 aliphatic rings. The molecule has 2 aromatic carbocycles. The molecule has 3 rings (SSSR count). The fraction of sp³-hybridized carbons (Fsp3) is 0.381. The normalized spacial score (nSPS) is 14.2. The minimum atomic E-state index is -0.0485. The van der Waals surface area contributed by atoms with E-state index in [1.807, 2.05) is 0 Å². The van der Waals surface area contributed by atoms with E-state index in [2.05, 4.69) is 34.5 Å². The number of rotatable bonds is 6. The Hall–Kier alpha value is -2.49. The summed E-state index contributed by atoms with van der Waals surface area (Å²) in [6, 6.07) is 15.9. The Morgan fingerprint density at radius 1 is 1.00 bits per heavy atom. The number of hydrogen-bond donors (Lipinski definition) is 1. The topological polar surface area (TPSA) is 41.6 Å². The number of nitrogens with zero attached hydrogens (tertiary/aromatic N) is 1. The number of carbonyl (C=O) groups is 1. The average Bonchev–Trinajstić information content (AvgIpc) is 2.69. The van der Waals surface area contributed by atoms with Crippen molar-refractivity contribution in [3.8, 4) is 5.75 Å². The second-order valence-electron chi connectivity index (χ2n) is 6.45. The Labute approximate surface area is 149 Å². The zero-order chi connectivity index (χ0) is 17.5. The summed E-state index contributed by atoms with van der Waals surface area (Å²) in [6.07, 6.45) is 4.77. The van der Waals surface area contributed by atoms with Crippen molar-refractivity contribution in [1.82, 2.24) is 5.32 Å². The first-order chi connectivity index (χ1) is 12.3. The highest BCUT2D eigenvalue weighted by molar-refractivity contribution is 5.94. The number of carbonyl (C=O) groups excluding carboxylic acids is 1. The van der Waals surface area contributed by atoms with E-state index >= 15 is 0 Å². The molecule has 4 heteroatoms. The Bertz CT molecular complexity index is 674. The van der Waals surface area contributed by atoms with Crippen molar-refractivity contribution in [2.45, 2.75) is 25.7 Å². The molecule has 0 aliphatic carbocycles. The monoisotopic (exact) mass is 338 g/mol. The number of anilines is 1. The first-order valence-electron chi connectivity index (χ1n) is 9.02. The van der Waals surface area contributed by atoms with Gasteiger partial charge in [-0.25, -0.2) is 0 Å². The lowest BCUT2D eigenvalue weighted by molar-refractivity contribution is 0.0954. The molecule has 1 N–H and O–H groups in total. The Morgan fingerprint density at radius 2 is 1.68 bits per heavy atom. The van der Waals surface area contributed by atoms with E-state index in [1.165, 1.54) is 30.5 Å². The van der Waals surface area contributed by atoms with E-state index in [1.54, 1.807) is 31.4 Å². The molecule has 1 heterocycles. The highest BCUT2D eigenvalue weighted by Crippen LogP contribution is 2.20. The molecule has 1 aliphatic heterocycles. The Kier molecular flexibility index (Phi) is 5.94. The van der Waals surface area contributed by atoms with Crippen molar-refractivity contribution in [3.63, 3.8) is 0 Å². The van der Waals surface area contributed by atoms with Gasteiger partial charge in [0, 0.05) is 30.9 Å². The number of nitrogens with one attached hydrogen (secondary N) is 1. The fourth-order valence-corrected chi connectivity index (χ4v) is 3.19. The van der Waals surface area contributed by atoms with Crippen LogP contribution < -0.4 is 15.0 Å². The van der Waals surface area contributed by atoms with Crippen molar-refractivity contribution >= 4 is 11.6 Å². The van der Waals surface area contributed by atoms with E-state index in [-0.39, 0.29) is 5.91 Å². The molecule has 132 valence electrons. The minimum Gasteiger partial charge on any atom is -0.497 e. The highest BCUT2D eigenvalue weighted by atomic mass is 16.5. The van der Waals surface area contributed by atoms with Gasteiger partial charge in [-0.15, -0.1) is 0 Å². The van der Waals surface area contributed by atoms with Gasteiger partial charge in [-0.3, -0.25) is 4.79 Å². The molecule has 0 saturated carbocycles. The second kappa shape index (κ2) is 8.56.